The molecular weight excluding hydrogens is 223 g/mol. The summed E-state index contributed by atoms with van der Waals surface area (Å²) in [6.45, 7) is 1.91. The quantitative estimate of drug-likeness (QED) is 0.808. The van der Waals surface area contributed by atoms with Gasteiger partial charge in [0, 0.05) is 5.39 Å². The lowest BCUT2D eigenvalue weighted by Gasteiger charge is -2.06. The van der Waals surface area contributed by atoms with Crippen LogP contribution < -0.4 is 5.73 Å². The molecule has 2 aromatic rings. The van der Waals surface area contributed by atoms with E-state index in [9.17, 15) is 9.18 Å². The molecule has 88 valence electrons. The first-order valence-electron chi connectivity index (χ1n) is 5.15. The van der Waals surface area contributed by atoms with E-state index >= 15 is 0 Å². The highest BCUT2D eigenvalue weighted by Crippen LogP contribution is 2.21. The first-order valence-corrected chi connectivity index (χ1v) is 5.15. The van der Waals surface area contributed by atoms with Gasteiger partial charge < -0.3 is 10.5 Å². The van der Waals surface area contributed by atoms with Crippen LogP contribution in [0.5, 0.6) is 0 Å². The van der Waals surface area contributed by atoms with Gasteiger partial charge in [-0.3, -0.25) is 0 Å². The van der Waals surface area contributed by atoms with Crippen molar-refractivity contribution in [3.05, 3.63) is 35.6 Å². The highest BCUT2D eigenvalue weighted by Gasteiger charge is 2.14. The molecule has 0 radical (unpaired) electrons. The number of ether oxygens (including phenoxy) is 1. The van der Waals surface area contributed by atoms with Crippen LogP contribution >= 0.6 is 0 Å². The number of nitrogen functional groups attached to an aromatic ring is 1. The number of benzene rings is 1. The molecule has 0 saturated carbocycles. The minimum absolute atomic E-state index is 0.0431. The summed E-state index contributed by atoms with van der Waals surface area (Å²) in [4.78, 5) is 15.5. The Morgan fingerprint density at radius 3 is 3.00 bits per heavy atom. The Hall–Kier alpha value is -2.17. The summed E-state index contributed by atoms with van der Waals surface area (Å²) in [6, 6.07) is 5.83. The predicted molar refractivity (Wildman–Crippen MR) is 62.1 cm³/mol. The van der Waals surface area contributed by atoms with Crippen LogP contribution in [0.1, 0.15) is 17.3 Å². The van der Waals surface area contributed by atoms with Gasteiger partial charge in [-0.15, -0.1) is 0 Å². The second-order valence-corrected chi connectivity index (χ2v) is 3.45. The molecule has 0 amide bonds. The molecule has 0 aliphatic rings. The van der Waals surface area contributed by atoms with E-state index in [1.165, 1.54) is 18.2 Å². The van der Waals surface area contributed by atoms with E-state index in [1.54, 1.807) is 13.0 Å². The number of carbonyl (C=O) groups is 1. The highest BCUT2D eigenvalue weighted by atomic mass is 19.1. The number of anilines is 1. The van der Waals surface area contributed by atoms with E-state index < -0.39 is 11.8 Å². The number of aromatic nitrogens is 1. The summed E-state index contributed by atoms with van der Waals surface area (Å²) in [5.41, 5.74) is 6.13. The van der Waals surface area contributed by atoms with Crippen LogP contribution in [0.4, 0.5) is 10.2 Å². The Bertz CT molecular complexity index is 584. The average molecular weight is 234 g/mol. The van der Waals surface area contributed by atoms with Gasteiger partial charge in [-0.1, -0.05) is 6.07 Å². The smallest absolute Gasteiger partial charge is 0.341 e. The van der Waals surface area contributed by atoms with Crippen LogP contribution in [-0.4, -0.2) is 17.6 Å². The van der Waals surface area contributed by atoms with E-state index in [0.29, 0.717) is 5.52 Å². The first kappa shape index (κ1) is 11.3. The minimum Gasteiger partial charge on any atom is -0.462 e. The van der Waals surface area contributed by atoms with Crippen molar-refractivity contribution in [1.29, 1.82) is 0 Å². The summed E-state index contributed by atoms with van der Waals surface area (Å²) < 4.78 is 18.3. The lowest BCUT2D eigenvalue weighted by molar-refractivity contribution is 0.0527. The van der Waals surface area contributed by atoms with Crippen LogP contribution in [0, 0.1) is 5.82 Å². The molecule has 0 aliphatic heterocycles. The van der Waals surface area contributed by atoms with E-state index in [4.69, 9.17) is 10.5 Å². The Labute approximate surface area is 97.2 Å². The molecule has 0 fully saturated rings. The Morgan fingerprint density at radius 2 is 2.29 bits per heavy atom. The second kappa shape index (κ2) is 4.37. The molecule has 2 N–H and O–H groups in total. The molecule has 0 bridgehead atoms. The fourth-order valence-electron chi connectivity index (χ4n) is 1.55. The molecule has 5 heteroatoms. The van der Waals surface area contributed by atoms with Gasteiger partial charge in [-0.25, -0.2) is 14.2 Å². The zero-order valence-corrected chi connectivity index (χ0v) is 9.24. The van der Waals surface area contributed by atoms with Crippen molar-refractivity contribution in [2.75, 3.05) is 12.3 Å². The van der Waals surface area contributed by atoms with Crippen molar-refractivity contribution < 1.29 is 13.9 Å². The van der Waals surface area contributed by atoms with Gasteiger partial charge in [0.15, 0.2) is 0 Å². The number of halogens is 1. The van der Waals surface area contributed by atoms with Crippen molar-refractivity contribution in [2.45, 2.75) is 6.92 Å². The van der Waals surface area contributed by atoms with Crippen LogP contribution in [0.25, 0.3) is 10.9 Å². The van der Waals surface area contributed by atoms with Gasteiger partial charge in [0.2, 0.25) is 0 Å². The third-order valence-corrected chi connectivity index (χ3v) is 2.33. The van der Waals surface area contributed by atoms with Gasteiger partial charge in [-0.2, -0.15) is 0 Å². The number of hydrogen-bond acceptors (Lipinski definition) is 4. The van der Waals surface area contributed by atoms with E-state index in [2.05, 4.69) is 4.98 Å². The number of nitrogens with zero attached hydrogens (tertiary/aromatic N) is 1. The first-order chi connectivity index (χ1) is 8.13. The number of carbonyl (C=O) groups excluding carboxylic acids is 1. The zero-order chi connectivity index (χ0) is 12.4. The van der Waals surface area contributed by atoms with Crippen molar-refractivity contribution in [1.82, 2.24) is 4.98 Å². The second-order valence-electron chi connectivity index (χ2n) is 3.45. The molecule has 17 heavy (non-hydrogen) atoms. The van der Waals surface area contributed by atoms with Crippen molar-refractivity contribution in [3.63, 3.8) is 0 Å². The lowest BCUT2D eigenvalue weighted by Crippen LogP contribution is -2.09. The van der Waals surface area contributed by atoms with E-state index in [-0.39, 0.29) is 23.4 Å². The summed E-state index contributed by atoms with van der Waals surface area (Å²) in [6.07, 6.45) is 0. The third-order valence-electron chi connectivity index (χ3n) is 2.33. The fraction of sp³-hybridized carbons (Fsp3) is 0.167. The number of pyridine rings is 1. The Balaban J connectivity index is 2.61. The number of rotatable bonds is 2. The molecule has 0 saturated heterocycles. The van der Waals surface area contributed by atoms with Gasteiger partial charge in [0.05, 0.1) is 12.1 Å². The summed E-state index contributed by atoms with van der Waals surface area (Å²) in [5.74, 6) is -0.996. The van der Waals surface area contributed by atoms with Crippen LogP contribution in [0.3, 0.4) is 0 Å². The number of hydrogen-bond donors (Lipinski definition) is 1. The number of esters is 1. The zero-order valence-electron chi connectivity index (χ0n) is 9.24. The monoisotopic (exact) mass is 234 g/mol. The summed E-state index contributed by atoms with van der Waals surface area (Å²) >= 11 is 0. The van der Waals surface area contributed by atoms with E-state index in [1.807, 2.05) is 0 Å². The van der Waals surface area contributed by atoms with E-state index in [0.717, 1.165) is 0 Å². The van der Waals surface area contributed by atoms with Gasteiger partial charge in [-0.05, 0) is 25.1 Å². The largest absolute Gasteiger partial charge is 0.462 e. The molecule has 2 rings (SSSR count). The fourth-order valence-corrected chi connectivity index (χ4v) is 1.55. The minimum atomic E-state index is -0.595. The number of nitrogens with two attached hydrogens (primary N) is 1. The number of fused-ring (bicyclic) bond motifs is 1. The maximum Gasteiger partial charge on any atom is 0.341 e. The van der Waals surface area contributed by atoms with Crippen molar-refractivity contribution in [3.8, 4) is 0 Å². The third kappa shape index (κ3) is 2.04. The van der Waals surface area contributed by atoms with Crippen LogP contribution in [-0.2, 0) is 4.74 Å². The van der Waals surface area contributed by atoms with Crippen LogP contribution in [0.15, 0.2) is 24.3 Å². The lowest BCUT2D eigenvalue weighted by atomic mass is 10.1. The van der Waals surface area contributed by atoms with Gasteiger partial charge >= 0.3 is 5.97 Å². The standard InChI is InChI=1S/C12H11FN2O2/c1-2-17-12(16)8-6-7-9(13)4-3-5-10(7)15-11(8)14/h3-6H,2H2,1H3,(H2,14,15). The summed E-state index contributed by atoms with van der Waals surface area (Å²) in [5, 5.41) is 0.254. The molecule has 4 nitrogen and oxygen atoms in total. The molecule has 1 aromatic heterocycles. The maximum atomic E-state index is 13.5. The maximum absolute atomic E-state index is 13.5. The highest BCUT2D eigenvalue weighted by molar-refractivity contribution is 5.98. The molecule has 0 atom stereocenters. The van der Waals surface area contributed by atoms with Gasteiger partial charge in [0.25, 0.3) is 0 Å². The predicted octanol–water partition coefficient (Wildman–Crippen LogP) is 2.13. The van der Waals surface area contributed by atoms with Crippen molar-refractivity contribution in [2.24, 2.45) is 0 Å². The molecule has 1 aromatic carbocycles. The topological polar surface area (TPSA) is 65.2 Å². The normalized spacial score (nSPS) is 10.5. The molecule has 0 spiro atoms. The SMILES string of the molecule is CCOC(=O)c1cc2c(F)cccc2nc1N. The molecule has 0 aliphatic carbocycles. The van der Waals surface area contributed by atoms with Crippen LogP contribution in [0.2, 0.25) is 0 Å². The van der Waals surface area contributed by atoms with Crippen molar-refractivity contribution >= 4 is 22.7 Å². The Kier molecular flexibility index (Phi) is 2.91. The molecule has 0 unspecified atom stereocenters. The molecule has 1 heterocycles. The Morgan fingerprint density at radius 1 is 1.53 bits per heavy atom. The molecular formula is C12H11FN2O2. The average Bonchev–Trinajstić information content (AvgIpc) is 2.29. The summed E-state index contributed by atoms with van der Waals surface area (Å²) in [7, 11) is 0. The van der Waals surface area contributed by atoms with Gasteiger partial charge in [0.1, 0.15) is 17.2 Å².